The van der Waals surface area contributed by atoms with E-state index in [1.54, 1.807) is 0 Å². The number of nitrogens with one attached hydrogen (secondary N) is 2. The lowest BCUT2D eigenvalue weighted by Gasteiger charge is -2.36. The molecule has 4 heteroatoms. The number of amides is 1. The summed E-state index contributed by atoms with van der Waals surface area (Å²) in [5.41, 5.74) is 1.36. The molecule has 1 saturated heterocycles. The largest absolute Gasteiger partial charge is 0.353 e. The van der Waals surface area contributed by atoms with Gasteiger partial charge in [0.25, 0.3) is 0 Å². The van der Waals surface area contributed by atoms with E-state index >= 15 is 0 Å². The van der Waals surface area contributed by atoms with Gasteiger partial charge in [-0.15, -0.1) is 0 Å². The highest BCUT2D eigenvalue weighted by molar-refractivity contribution is 5.78. The highest BCUT2D eigenvalue weighted by Crippen LogP contribution is 2.27. The molecule has 0 spiro atoms. The smallest absolute Gasteiger partial charge is 0.234 e. The minimum atomic E-state index is 0.135. The average molecular weight is 315 g/mol. The number of carbonyl (C=O) groups excluding carboxylic acids is 1. The first-order chi connectivity index (χ1) is 11.3. The summed E-state index contributed by atoms with van der Waals surface area (Å²) >= 11 is 0. The van der Waals surface area contributed by atoms with E-state index in [0.29, 0.717) is 12.6 Å². The summed E-state index contributed by atoms with van der Waals surface area (Å²) in [6.45, 7) is 4.35. The van der Waals surface area contributed by atoms with Crippen molar-refractivity contribution >= 4 is 5.91 Å². The summed E-state index contributed by atoms with van der Waals surface area (Å²) in [5.74, 6) is 0.957. The second kappa shape index (κ2) is 8.46. The average Bonchev–Trinajstić information content (AvgIpc) is 3.39. The van der Waals surface area contributed by atoms with Gasteiger partial charge in [-0.3, -0.25) is 9.69 Å². The second-order valence-corrected chi connectivity index (χ2v) is 6.98. The quantitative estimate of drug-likeness (QED) is 0.773. The highest BCUT2D eigenvalue weighted by atomic mass is 16.1. The summed E-state index contributed by atoms with van der Waals surface area (Å²) in [4.78, 5) is 14.5. The summed E-state index contributed by atoms with van der Waals surface area (Å²) in [7, 11) is 0. The molecule has 1 heterocycles. The Balaban J connectivity index is 1.41. The summed E-state index contributed by atoms with van der Waals surface area (Å²) in [6.07, 6.45) is 6.37. The van der Waals surface area contributed by atoms with Gasteiger partial charge >= 0.3 is 0 Å². The Morgan fingerprint density at radius 2 is 1.91 bits per heavy atom. The van der Waals surface area contributed by atoms with Gasteiger partial charge in [-0.2, -0.15) is 0 Å². The van der Waals surface area contributed by atoms with Crippen molar-refractivity contribution in [1.29, 1.82) is 0 Å². The van der Waals surface area contributed by atoms with Crippen LogP contribution in [0, 0.1) is 5.92 Å². The van der Waals surface area contributed by atoms with Crippen molar-refractivity contribution in [1.82, 2.24) is 15.5 Å². The van der Waals surface area contributed by atoms with Gasteiger partial charge in [0.05, 0.1) is 6.54 Å². The molecular formula is C19H29N3O. The molecule has 23 heavy (non-hydrogen) atoms. The van der Waals surface area contributed by atoms with E-state index in [9.17, 15) is 4.79 Å². The van der Waals surface area contributed by atoms with E-state index in [2.05, 4.69) is 45.9 Å². The number of hydrogen-bond acceptors (Lipinski definition) is 3. The van der Waals surface area contributed by atoms with Gasteiger partial charge in [0.1, 0.15) is 0 Å². The Morgan fingerprint density at radius 3 is 2.70 bits per heavy atom. The monoisotopic (exact) mass is 315 g/mol. The van der Waals surface area contributed by atoms with Crippen LogP contribution in [0.2, 0.25) is 0 Å². The molecule has 0 aromatic heterocycles. The van der Waals surface area contributed by atoms with Crippen LogP contribution in [0.1, 0.15) is 37.7 Å². The Kier molecular flexibility index (Phi) is 6.06. The summed E-state index contributed by atoms with van der Waals surface area (Å²) in [6, 6.07) is 11.1. The van der Waals surface area contributed by atoms with Crippen LogP contribution < -0.4 is 10.6 Å². The zero-order valence-electron chi connectivity index (χ0n) is 14.0. The van der Waals surface area contributed by atoms with Gasteiger partial charge in [0, 0.05) is 19.1 Å². The molecule has 1 saturated carbocycles. The molecule has 0 bridgehead atoms. The number of hydrogen-bond donors (Lipinski definition) is 2. The van der Waals surface area contributed by atoms with E-state index in [1.165, 1.54) is 37.7 Å². The molecule has 3 rings (SSSR count). The van der Waals surface area contributed by atoms with E-state index in [0.717, 1.165) is 32.1 Å². The molecule has 2 fully saturated rings. The number of nitrogens with zero attached hydrogens (tertiary/aromatic N) is 1. The standard InChI is InChI=1S/C19H29N3O/c23-19(14-20-12-16-9-10-16)21-13-18-8-4-5-11-22(18)15-17-6-2-1-3-7-17/h1-3,6-7,16,18,20H,4-5,8-15H2,(H,21,23). The van der Waals surface area contributed by atoms with Crippen LogP contribution >= 0.6 is 0 Å². The van der Waals surface area contributed by atoms with Crippen molar-refractivity contribution in [3.05, 3.63) is 35.9 Å². The maximum atomic E-state index is 12.0. The van der Waals surface area contributed by atoms with E-state index in [4.69, 9.17) is 0 Å². The molecule has 1 aliphatic carbocycles. The van der Waals surface area contributed by atoms with Crippen LogP contribution in [0.5, 0.6) is 0 Å². The molecule has 0 radical (unpaired) electrons. The molecule has 2 aliphatic rings. The number of piperidine rings is 1. The summed E-state index contributed by atoms with van der Waals surface area (Å²) < 4.78 is 0. The van der Waals surface area contributed by atoms with Crippen molar-refractivity contribution in [3.8, 4) is 0 Å². The zero-order chi connectivity index (χ0) is 15.9. The van der Waals surface area contributed by atoms with Gasteiger partial charge in [-0.1, -0.05) is 36.8 Å². The first kappa shape index (κ1) is 16.5. The molecule has 1 amide bonds. The molecule has 1 unspecified atom stereocenters. The minimum Gasteiger partial charge on any atom is -0.353 e. The van der Waals surface area contributed by atoms with Crippen LogP contribution in [0.15, 0.2) is 30.3 Å². The van der Waals surface area contributed by atoms with Crippen LogP contribution in [-0.4, -0.2) is 43.0 Å². The number of rotatable bonds is 8. The van der Waals surface area contributed by atoms with Crippen LogP contribution in [0.25, 0.3) is 0 Å². The normalized spacial score (nSPS) is 22.0. The van der Waals surface area contributed by atoms with E-state index < -0.39 is 0 Å². The van der Waals surface area contributed by atoms with E-state index in [-0.39, 0.29) is 5.91 Å². The van der Waals surface area contributed by atoms with Crippen LogP contribution in [0.4, 0.5) is 0 Å². The zero-order valence-corrected chi connectivity index (χ0v) is 14.0. The third-order valence-electron chi connectivity index (χ3n) is 4.93. The Labute approximate surface area is 139 Å². The molecule has 1 atom stereocenters. The van der Waals surface area contributed by atoms with Gasteiger partial charge in [-0.25, -0.2) is 0 Å². The first-order valence-corrected chi connectivity index (χ1v) is 9.06. The molecule has 126 valence electrons. The Bertz CT molecular complexity index is 487. The highest BCUT2D eigenvalue weighted by Gasteiger charge is 2.23. The second-order valence-electron chi connectivity index (χ2n) is 6.98. The Hall–Kier alpha value is -1.39. The van der Waals surface area contributed by atoms with Crippen molar-refractivity contribution in [3.63, 3.8) is 0 Å². The lowest BCUT2D eigenvalue weighted by atomic mass is 10.0. The minimum absolute atomic E-state index is 0.135. The van der Waals surface area contributed by atoms with Crippen molar-refractivity contribution < 1.29 is 4.79 Å². The fourth-order valence-electron chi connectivity index (χ4n) is 3.32. The molecular weight excluding hydrogens is 286 g/mol. The van der Waals surface area contributed by atoms with Crippen molar-refractivity contribution in [2.24, 2.45) is 5.92 Å². The van der Waals surface area contributed by atoms with E-state index in [1.807, 2.05) is 0 Å². The molecule has 1 aromatic carbocycles. The summed E-state index contributed by atoms with van der Waals surface area (Å²) in [5, 5.41) is 6.38. The van der Waals surface area contributed by atoms with Crippen molar-refractivity contribution in [2.45, 2.75) is 44.7 Å². The first-order valence-electron chi connectivity index (χ1n) is 9.06. The SMILES string of the molecule is O=C(CNCC1CC1)NCC1CCCCN1Cc1ccccc1. The third kappa shape index (κ3) is 5.63. The fraction of sp³-hybridized carbons (Fsp3) is 0.632. The Morgan fingerprint density at radius 1 is 1.09 bits per heavy atom. The van der Waals surface area contributed by atoms with Crippen molar-refractivity contribution in [2.75, 3.05) is 26.2 Å². The maximum absolute atomic E-state index is 12.0. The molecule has 1 aromatic rings. The van der Waals surface area contributed by atoms with Gasteiger partial charge < -0.3 is 10.6 Å². The fourth-order valence-corrected chi connectivity index (χ4v) is 3.32. The third-order valence-corrected chi connectivity index (χ3v) is 4.93. The number of carbonyl (C=O) groups is 1. The molecule has 2 N–H and O–H groups in total. The predicted octanol–water partition coefficient (Wildman–Crippen LogP) is 2.16. The molecule has 1 aliphatic heterocycles. The van der Waals surface area contributed by atoms with Gasteiger partial charge in [0.2, 0.25) is 5.91 Å². The predicted molar refractivity (Wildman–Crippen MR) is 93.1 cm³/mol. The number of benzene rings is 1. The number of likely N-dealkylation sites (tertiary alicyclic amines) is 1. The lowest BCUT2D eigenvalue weighted by molar-refractivity contribution is -0.120. The van der Waals surface area contributed by atoms with Gasteiger partial charge in [-0.05, 0) is 50.3 Å². The van der Waals surface area contributed by atoms with Gasteiger partial charge in [0.15, 0.2) is 0 Å². The lowest BCUT2D eigenvalue weighted by Crippen LogP contribution is -2.47. The molecule has 4 nitrogen and oxygen atoms in total. The van der Waals surface area contributed by atoms with Crippen LogP contribution in [-0.2, 0) is 11.3 Å². The topological polar surface area (TPSA) is 44.4 Å². The van der Waals surface area contributed by atoms with Crippen LogP contribution in [0.3, 0.4) is 0 Å². The maximum Gasteiger partial charge on any atom is 0.234 e.